The van der Waals surface area contributed by atoms with Crippen LogP contribution in [0.3, 0.4) is 0 Å². The predicted octanol–water partition coefficient (Wildman–Crippen LogP) is 4.12. The lowest BCUT2D eigenvalue weighted by molar-refractivity contribution is 0.625. The van der Waals surface area contributed by atoms with Gasteiger partial charge in [-0.3, -0.25) is 0 Å². The van der Waals surface area contributed by atoms with E-state index in [1.807, 2.05) is 0 Å². The molecule has 0 N–H and O–H groups in total. The Kier molecular flexibility index (Phi) is 4.26. The van der Waals surface area contributed by atoms with E-state index in [9.17, 15) is 4.39 Å². The second-order valence-electron chi connectivity index (χ2n) is 2.52. The molecule has 0 spiro atoms. The smallest absolute Gasteiger partial charge is 0.131 e. The summed E-state index contributed by atoms with van der Waals surface area (Å²) in [6.45, 7) is 0. The number of hydrogen-bond donors (Lipinski definition) is 0. The molecule has 0 aliphatic heterocycles. The van der Waals surface area contributed by atoms with Gasteiger partial charge < -0.3 is 0 Å². The minimum Gasteiger partial charge on any atom is -0.206 e. The van der Waals surface area contributed by atoms with Crippen molar-refractivity contribution in [3.8, 4) is 0 Å². The highest BCUT2D eigenvalue weighted by Gasteiger charge is 2.01. The molecule has 13 heavy (non-hydrogen) atoms. The SMILES string of the molecule is Fc1cccc(Cl)c1C=CCCCl. The molecular weight excluding hydrogens is 210 g/mol. The van der Waals surface area contributed by atoms with Crippen molar-refractivity contribution in [3.05, 3.63) is 40.7 Å². The third kappa shape index (κ3) is 3.02. The Labute approximate surface area is 87.0 Å². The van der Waals surface area contributed by atoms with Crippen LogP contribution in [0.25, 0.3) is 6.08 Å². The Balaban J connectivity index is 2.87. The Hall–Kier alpha value is -0.530. The van der Waals surface area contributed by atoms with Gasteiger partial charge in [0.1, 0.15) is 5.82 Å². The largest absolute Gasteiger partial charge is 0.206 e. The monoisotopic (exact) mass is 218 g/mol. The van der Waals surface area contributed by atoms with Gasteiger partial charge in [0.15, 0.2) is 0 Å². The second kappa shape index (κ2) is 5.25. The number of halogens is 3. The molecule has 1 rings (SSSR count). The summed E-state index contributed by atoms with van der Waals surface area (Å²) < 4.78 is 13.1. The van der Waals surface area contributed by atoms with Gasteiger partial charge >= 0.3 is 0 Å². The van der Waals surface area contributed by atoms with E-state index in [1.54, 1.807) is 24.3 Å². The first-order valence-electron chi connectivity index (χ1n) is 3.92. The molecule has 0 saturated carbocycles. The molecule has 0 aliphatic carbocycles. The fourth-order valence-electron chi connectivity index (χ4n) is 0.934. The molecule has 0 nitrogen and oxygen atoms in total. The predicted molar refractivity (Wildman–Crippen MR) is 55.8 cm³/mol. The van der Waals surface area contributed by atoms with Gasteiger partial charge in [-0.25, -0.2) is 4.39 Å². The summed E-state index contributed by atoms with van der Waals surface area (Å²) in [6, 6.07) is 4.62. The molecule has 0 saturated heterocycles. The van der Waals surface area contributed by atoms with E-state index in [-0.39, 0.29) is 5.82 Å². The van der Waals surface area contributed by atoms with E-state index >= 15 is 0 Å². The fourth-order valence-corrected chi connectivity index (χ4v) is 1.29. The van der Waals surface area contributed by atoms with Crippen molar-refractivity contribution >= 4 is 29.3 Å². The minimum absolute atomic E-state index is 0.307. The Morgan fingerprint density at radius 3 is 2.77 bits per heavy atom. The van der Waals surface area contributed by atoms with Gasteiger partial charge in [-0.1, -0.05) is 29.8 Å². The van der Waals surface area contributed by atoms with Crippen molar-refractivity contribution in [2.24, 2.45) is 0 Å². The summed E-state index contributed by atoms with van der Waals surface area (Å²) >= 11 is 11.3. The van der Waals surface area contributed by atoms with E-state index in [2.05, 4.69) is 0 Å². The van der Waals surface area contributed by atoms with Crippen LogP contribution in [0.5, 0.6) is 0 Å². The normalized spacial score (nSPS) is 11.0. The summed E-state index contributed by atoms with van der Waals surface area (Å²) in [5.74, 6) is 0.223. The Morgan fingerprint density at radius 1 is 1.38 bits per heavy atom. The summed E-state index contributed by atoms with van der Waals surface area (Å²) in [4.78, 5) is 0. The third-order valence-electron chi connectivity index (χ3n) is 1.56. The zero-order valence-electron chi connectivity index (χ0n) is 6.93. The summed E-state index contributed by atoms with van der Waals surface area (Å²) in [5, 5.41) is 0.422. The average Bonchev–Trinajstić information content (AvgIpc) is 2.10. The van der Waals surface area contributed by atoms with Crippen LogP contribution in [-0.2, 0) is 0 Å². The van der Waals surface area contributed by atoms with Gasteiger partial charge in [0.05, 0.1) is 5.02 Å². The van der Waals surface area contributed by atoms with Crippen molar-refractivity contribution in [1.82, 2.24) is 0 Å². The number of allylic oxidation sites excluding steroid dienone is 1. The average molecular weight is 219 g/mol. The molecule has 0 amide bonds. The summed E-state index contributed by atoms with van der Waals surface area (Å²) in [7, 11) is 0. The highest BCUT2D eigenvalue weighted by molar-refractivity contribution is 6.32. The van der Waals surface area contributed by atoms with Crippen LogP contribution < -0.4 is 0 Å². The van der Waals surface area contributed by atoms with Crippen LogP contribution in [0, 0.1) is 5.82 Å². The number of rotatable bonds is 3. The fraction of sp³-hybridized carbons (Fsp3) is 0.200. The maximum Gasteiger partial charge on any atom is 0.131 e. The maximum absolute atomic E-state index is 13.1. The molecule has 0 aliphatic rings. The molecule has 70 valence electrons. The molecule has 0 unspecified atom stereocenters. The standard InChI is InChI=1S/C10H9Cl2F/c11-7-2-1-4-8-9(12)5-3-6-10(8)13/h1,3-6H,2,7H2. The molecule has 1 aromatic carbocycles. The van der Waals surface area contributed by atoms with E-state index in [4.69, 9.17) is 23.2 Å². The molecule has 0 heterocycles. The zero-order valence-corrected chi connectivity index (χ0v) is 8.45. The van der Waals surface area contributed by atoms with Gasteiger partial charge in [-0.05, 0) is 18.6 Å². The number of hydrogen-bond acceptors (Lipinski definition) is 0. The first kappa shape index (κ1) is 10.6. The first-order chi connectivity index (χ1) is 6.25. The van der Waals surface area contributed by atoms with Crippen molar-refractivity contribution in [2.45, 2.75) is 6.42 Å². The van der Waals surface area contributed by atoms with E-state index in [0.29, 0.717) is 22.9 Å². The van der Waals surface area contributed by atoms with E-state index in [1.165, 1.54) is 6.07 Å². The summed E-state index contributed by atoms with van der Waals surface area (Å²) in [6.07, 6.45) is 4.17. The molecule has 3 heteroatoms. The maximum atomic E-state index is 13.1. The topological polar surface area (TPSA) is 0 Å². The summed E-state index contributed by atoms with van der Waals surface area (Å²) in [5.41, 5.74) is 0.425. The van der Waals surface area contributed by atoms with Crippen molar-refractivity contribution in [1.29, 1.82) is 0 Å². The van der Waals surface area contributed by atoms with Crippen LogP contribution in [0.15, 0.2) is 24.3 Å². The van der Waals surface area contributed by atoms with Gasteiger partial charge in [-0.15, -0.1) is 11.6 Å². The molecule has 0 radical (unpaired) electrons. The highest BCUT2D eigenvalue weighted by atomic mass is 35.5. The van der Waals surface area contributed by atoms with Gasteiger partial charge in [0, 0.05) is 11.4 Å². The quantitative estimate of drug-likeness (QED) is 0.670. The lowest BCUT2D eigenvalue weighted by Crippen LogP contribution is -1.82. The lowest BCUT2D eigenvalue weighted by Gasteiger charge is -1.98. The van der Waals surface area contributed by atoms with Crippen molar-refractivity contribution < 1.29 is 4.39 Å². The van der Waals surface area contributed by atoms with Gasteiger partial charge in [-0.2, -0.15) is 0 Å². The molecular formula is C10H9Cl2F. The lowest BCUT2D eigenvalue weighted by atomic mass is 10.2. The zero-order chi connectivity index (χ0) is 9.68. The van der Waals surface area contributed by atoms with Gasteiger partial charge in [0.25, 0.3) is 0 Å². The highest BCUT2D eigenvalue weighted by Crippen LogP contribution is 2.20. The molecule has 0 atom stereocenters. The molecule has 0 aromatic heterocycles. The molecule has 0 bridgehead atoms. The number of alkyl halides is 1. The van der Waals surface area contributed by atoms with E-state index in [0.717, 1.165) is 0 Å². The number of benzene rings is 1. The Bertz CT molecular complexity index is 288. The van der Waals surface area contributed by atoms with Crippen molar-refractivity contribution in [3.63, 3.8) is 0 Å². The van der Waals surface area contributed by atoms with Crippen LogP contribution >= 0.6 is 23.2 Å². The molecule has 1 aromatic rings. The van der Waals surface area contributed by atoms with Crippen LogP contribution in [0.4, 0.5) is 4.39 Å². The van der Waals surface area contributed by atoms with E-state index < -0.39 is 0 Å². The second-order valence-corrected chi connectivity index (χ2v) is 3.30. The first-order valence-corrected chi connectivity index (χ1v) is 4.83. The van der Waals surface area contributed by atoms with Crippen LogP contribution in [-0.4, -0.2) is 5.88 Å². The van der Waals surface area contributed by atoms with Crippen LogP contribution in [0.2, 0.25) is 5.02 Å². The van der Waals surface area contributed by atoms with Crippen LogP contribution in [0.1, 0.15) is 12.0 Å². The molecule has 0 fully saturated rings. The third-order valence-corrected chi connectivity index (χ3v) is 2.11. The van der Waals surface area contributed by atoms with Crippen molar-refractivity contribution in [2.75, 3.05) is 5.88 Å². The minimum atomic E-state index is -0.307. The van der Waals surface area contributed by atoms with Gasteiger partial charge in [0.2, 0.25) is 0 Å². The Morgan fingerprint density at radius 2 is 2.15 bits per heavy atom.